The molecule has 3 aromatic rings. The topological polar surface area (TPSA) is 98.1 Å². The molecule has 0 aliphatic rings. The number of hydrogen-bond donors (Lipinski definition) is 1. The zero-order chi connectivity index (χ0) is 23.0. The lowest BCUT2D eigenvalue weighted by Gasteiger charge is -2.23. The number of carbonyl (C=O) groups is 1. The summed E-state index contributed by atoms with van der Waals surface area (Å²) in [7, 11) is -3.60. The highest BCUT2D eigenvalue weighted by Crippen LogP contribution is 2.25. The smallest absolute Gasteiger partial charge is 0.322 e. The van der Waals surface area contributed by atoms with Crippen LogP contribution in [0.2, 0.25) is 0 Å². The molecule has 8 nitrogen and oxygen atoms in total. The second kappa shape index (κ2) is 10.7. The Morgan fingerprint density at radius 2 is 1.75 bits per heavy atom. The summed E-state index contributed by atoms with van der Waals surface area (Å²) in [5.41, 5.74) is 1.36. The normalized spacial score (nSPS) is 11.1. The summed E-state index contributed by atoms with van der Waals surface area (Å²) in [5, 5.41) is 2.89. The van der Waals surface area contributed by atoms with E-state index in [1.54, 1.807) is 59.7 Å². The van der Waals surface area contributed by atoms with Gasteiger partial charge in [0.05, 0.1) is 30.9 Å². The van der Waals surface area contributed by atoms with Crippen LogP contribution in [0.1, 0.15) is 25.2 Å². The molecule has 170 valence electrons. The highest BCUT2D eigenvalue weighted by molar-refractivity contribution is 7.87. The maximum atomic E-state index is 13.1. The van der Waals surface area contributed by atoms with Gasteiger partial charge >= 0.3 is 16.1 Å². The number of para-hydroxylation sites is 2. The number of carbonyl (C=O) groups excluding carboxylic acids is 1. The molecule has 1 heterocycles. The second-order valence-corrected chi connectivity index (χ2v) is 8.73. The fraction of sp³-hybridized carbons (Fsp3) is 0.261. The minimum Gasteiger partial charge on any atom is -0.492 e. The van der Waals surface area contributed by atoms with Gasteiger partial charge in [-0.3, -0.25) is 0 Å². The van der Waals surface area contributed by atoms with Crippen LogP contribution in [0, 0.1) is 0 Å². The molecule has 0 saturated heterocycles. The fourth-order valence-corrected chi connectivity index (χ4v) is 3.43. The number of anilines is 1. The third-order valence-corrected chi connectivity index (χ3v) is 5.67. The molecule has 0 fully saturated rings. The van der Waals surface area contributed by atoms with Gasteiger partial charge in [0.1, 0.15) is 17.3 Å². The van der Waals surface area contributed by atoms with Crippen molar-refractivity contribution in [3.8, 4) is 11.5 Å². The predicted octanol–water partition coefficient (Wildman–Crippen LogP) is 4.64. The number of rotatable bonds is 10. The zero-order valence-corrected chi connectivity index (χ0v) is 18.8. The molecule has 0 unspecified atom stereocenters. The Balaban J connectivity index is 1.76. The second-order valence-electron chi connectivity index (χ2n) is 6.87. The first-order chi connectivity index (χ1) is 15.4. The molecule has 0 saturated carbocycles. The molecule has 0 spiro atoms. The van der Waals surface area contributed by atoms with Crippen molar-refractivity contribution in [2.24, 2.45) is 0 Å². The van der Waals surface area contributed by atoms with Gasteiger partial charge in [0.2, 0.25) is 0 Å². The van der Waals surface area contributed by atoms with E-state index in [0.29, 0.717) is 23.8 Å². The van der Waals surface area contributed by atoms with Crippen molar-refractivity contribution in [1.82, 2.24) is 4.90 Å². The molecule has 32 heavy (non-hydrogen) atoms. The van der Waals surface area contributed by atoms with Crippen LogP contribution in [0.5, 0.6) is 11.5 Å². The van der Waals surface area contributed by atoms with E-state index in [-0.39, 0.29) is 30.6 Å². The third-order valence-electron chi connectivity index (χ3n) is 4.52. The van der Waals surface area contributed by atoms with Crippen molar-refractivity contribution in [2.45, 2.75) is 26.9 Å². The molecule has 1 aromatic heterocycles. The Labute approximate surface area is 187 Å². The van der Waals surface area contributed by atoms with Crippen molar-refractivity contribution in [3.05, 3.63) is 78.3 Å². The molecule has 2 aromatic carbocycles. The van der Waals surface area contributed by atoms with Gasteiger partial charge < -0.3 is 23.6 Å². The van der Waals surface area contributed by atoms with Gasteiger partial charge in [-0.2, -0.15) is 8.42 Å². The SMILES string of the molecule is CCOc1ccccc1NC(=O)N(Cc1ccc(OS(=O)(=O)CC)cc1)Cc1ccco1. The number of benzene rings is 2. The number of hydrogen-bond acceptors (Lipinski definition) is 6. The van der Waals surface area contributed by atoms with E-state index >= 15 is 0 Å². The highest BCUT2D eigenvalue weighted by atomic mass is 32.2. The number of nitrogens with zero attached hydrogens (tertiary/aromatic N) is 1. The van der Waals surface area contributed by atoms with Crippen LogP contribution >= 0.6 is 0 Å². The Hall–Kier alpha value is -3.46. The lowest BCUT2D eigenvalue weighted by atomic mass is 10.2. The first-order valence-electron chi connectivity index (χ1n) is 10.2. The van der Waals surface area contributed by atoms with Crippen LogP contribution in [0.25, 0.3) is 0 Å². The minimum absolute atomic E-state index is 0.116. The molecule has 1 N–H and O–H groups in total. The summed E-state index contributed by atoms with van der Waals surface area (Å²) >= 11 is 0. The molecule has 0 atom stereocenters. The Bertz CT molecular complexity index is 1110. The molecule has 0 bridgehead atoms. The van der Waals surface area contributed by atoms with Gasteiger partial charge in [-0.1, -0.05) is 24.3 Å². The van der Waals surface area contributed by atoms with Gasteiger partial charge in [0, 0.05) is 6.54 Å². The van der Waals surface area contributed by atoms with Crippen molar-refractivity contribution >= 4 is 21.8 Å². The van der Waals surface area contributed by atoms with Crippen LogP contribution in [0.3, 0.4) is 0 Å². The van der Waals surface area contributed by atoms with Crippen LogP contribution in [0.4, 0.5) is 10.5 Å². The molecular weight excluding hydrogens is 432 g/mol. The van der Waals surface area contributed by atoms with E-state index in [1.807, 2.05) is 19.1 Å². The number of urea groups is 1. The summed E-state index contributed by atoms with van der Waals surface area (Å²) in [5.74, 6) is 1.32. The van der Waals surface area contributed by atoms with Crippen molar-refractivity contribution in [3.63, 3.8) is 0 Å². The molecule has 3 rings (SSSR count). The maximum Gasteiger partial charge on any atom is 0.322 e. The largest absolute Gasteiger partial charge is 0.492 e. The predicted molar refractivity (Wildman–Crippen MR) is 121 cm³/mol. The monoisotopic (exact) mass is 458 g/mol. The van der Waals surface area contributed by atoms with Gasteiger partial charge in [-0.05, 0) is 55.8 Å². The quantitative estimate of drug-likeness (QED) is 0.445. The zero-order valence-electron chi connectivity index (χ0n) is 18.0. The molecule has 0 aliphatic heterocycles. The highest BCUT2D eigenvalue weighted by Gasteiger charge is 2.18. The summed E-state index contributed by atoms with van der Waals surface area (Å²) in [6.45, 7) is 4.38. The Kier molecular flexibility index (Phi) is 7.77. The summed E-state index contributed by atoms with van der Waals surface area (Å²) in [6.07, 6.45) is 1.55. The molecule has 9 heteroatoms. The van der Waals surface area contributed by atoms with Crippen LogP contribution < -0.4 is 14.2 Å². The van der Waals surface area contributed by atoms with Gasteiger partial charge in [0.15, 0.2) is 0 Å². The minimum atomic E-state index is -3.60. The maximum absolute atomic E-state index is 13.1. The Morgan fingerprint density at radius 3 is 2.41 bits per heavy atom. The van der Waals surface area contributed by atoms with Crippen LogP contribution in [0.15, 0.2) is 71.3 Å². The van der Waals surface area contributed by atoms with Crippen LogP contribution in [-0.2, 0) is 23.2 Å². The first-order valence-corrected chi connectivity index (χ1v) is 11.8. The van der Waals surface area contributed by atoms with Crippen LogP contribution in [-0.4, -0.2) is 31.7 Å². The van der Waals surface area contributed by atoms with Crippen molar-refractivity contribution in [1.29, 1.82) is 0 Å². The standard InChI is InChI=1S/C23H26N2O6S/c1-3-29-22-10-6-5-9-21(22)24-23(26)25(17-20-8-7-15-30-20)16-18-11-13-19(14-12-18)31-32(27,28)4-2/h5-15H,3-4,16-17H2,1-2H3,(H,24,26). The van der Waals surface area contributed by atoms with Crippen molar-refractivity contribution in [2.75, 3.05) is 17.7 Å². The average molecular weight is 459 g/mol. The third kappa shape index (κ3) is 6.52. The van der Waals surface area contributed by atoms with E-state index in [9.17, 15) is 13.2 Å². The van der Waals surface area contributed by atoms with Gasteiger partial charge in [-0.15, -0.1) is 0 Å². The first kappa shape index (κ1) is 23.2. The van der Waals surface area contributed by atoms with E-state index in [1.165, 1.54) is 6.92 Å². The molecular formula is C23H26N2O6S. The van der Waals surface area contributed by atoms with E-state index in [4.69, 9.17) is 13.3 Å². The summed E-state index contributed by atoms with van der Waals surface area (Å²) in [4.78, 5) is 14.7. The van der Waals surface area contributed by atoms with Crippen molar-refractivity contribution < 1.29 is 26.5 Å². The fourth-order valence-electron chi connectivity index (χ4n) is 2.91. The lowest BCUT2D eigenvalue weighted by Crippen LogP contribution is -2.34. The molecule has 2 amide bonds. The van der Waals surface area contributed by atoms with E-state index < -0.39 is 10.1 Å². The van der Waals surface area contributed by atoms with Gasteiger partial charge in [0.25, 0.3) is 0 Å². The summed E-state index contributed by atoms with van der Waals surface area (Å²) < 4.78 is 39.3. The Morgan fingerprint density at radius 1 is 1.00 bits per heavy atom. The van der Waals surface area contributed by atoms with Gasteiger partial charge in [-0.25, -0.2) is 4.79 Å². The van der Waals surface area contributed by atoms with E-state index in [2.05, 4.69) is 5.32 Å². The average Bonchev–Trinajstić information content (AvgIpc) is 3.29. The molecule has 0 radical (unpaired) electrons. The summed E-state index contributed by atoms with van der Waals surface area (Å²) in [6, 6.07) is 17.0. The number of amides is 2. The number of furan rings is 1. The number of nitrogens with one attached hydrogen (secondary N) is 1. The number of ether oxygens (including phenoxy) is 1. The molecule has 0 aliphatic carbocycles. The van der Waals surface area contributed by atoms with E-state index in [0.717, 1.165) is 5.56 Å². The lowest BCUT2D eigenvalue weighted by molar-refractivity contribution is 0.201.